The summed E-state index contributed by atoms with van der Waals surface area (Å²) >= 11 is 0. The molecule has 2 N–H and O–H groups in total. The number of aliphatic hydroxyl groups is 1. The first-order valence-electron chi connectivity index (χ1n) is 2.28. The third-order valence-corrected chi connectivity index (χ3v) is 1.03. The van der Waals surface area contributed by atoms with E-state index in [1.54, 1.807) is 0 Å². The summed E-state index contributed by atoms with van der Waals surface area (Å²) in [5.74, 6) is 0. The molecule has 0 bridgehead atoms. The van der Waals surface area contributed by atoms with Crippen LogP contribution in [0.4, 0.5) is 0 Å². The molecule has 0 amide bonds. The van der Waals surface area contributed by atoms with Gasteiger partial charge in [0.05, 0.1) is 6.10 Å². The molecular formula is C4H9NOU. The first-order valence-corrected chi connectivity index (χ1v) is 2.28. The number of hydrogen-bond donors (Lipinski definition) is 2. The fourth-order valence-electron chi connectivity index (χ4n) is 0.639. The maximum Gasteiger partial charge on any atom is 0.0676 e. The molecule has 7 heavy (non-hydrogen) atoms. The molecular weight excluding hydrogens is 316 g/mol. The van der Waals surface area contributed by atoms with E-state index in [1.807, 2.05) is 0 Å². The number of hydrogen-bond acceptors (Lipinski definition) is 2. The maximum atomic E-state index is 8.67. The first-order chi connectivity index (χ1) is 2.89. The minimum atomic E-state index is -0.0648. The van der Waals surface area contributed by atoms with Gasteiger partial charge >= 0.3 is 0 Å². The summed E-state index contributed by atoms with van der Waals surface area (Å²) in [5, 5.41) is 11.7. The van der Waals surface area contributed by atoms with Crippen LogP contribution in [0.1, 0.15) is 6.42 Å². The zero-order chi connectivity index (χ0) is 4.41. The maximum absolute atomic E-state index is 8.67. The van der Waals surface area contributed by atoms with Crippen LogP contribution in [0.15, 0.2) is 0 Å². The van der Waals surface area contributed by atoms with E-state index in [2.05, 4.69) is 5.32 Å². The van der Waals surface area contributed by atoms with Crippen LogP contribution in [0.3, 0.4) is 0 Å². The van der Waals surface area contributed by atoms with Crippen LogP contribution in [0.25, 0.3) is 0 Å². The van der Waals surface area contributed by atoms with Gasteiger partial charge in [0.2, 0.25) is 0 Å². The van der Waals surface area contributed by atoms with Gasteiger partial charge in [0, 0.05) is 37.7 Å². The molecule has 1 aliphatic rings. The second-order valence-electron chi connectivity index (χ2n) is 1.65. The van der Waals surface area contributed by atoms with Crippen LogP contribution in [-0.4, -0.2) is 24.3 Å². The van der Waals surface area contributed by atoms with Gasteiger partial charge in [-0.1, -0.05) is 0 Å². The average molecular weight is 325 g/mol. The number of rotatable bonds is 0. The summed E-state index contributed by atoms with van der Waals surface area (Å²) < 4.78 is 0. The fraction of sp³-hybridized carbons (Fsp3) is 1.00. The smallest absolute Gasteiger partial charge is 0.0676 e. The van der Waals surface area contributed by atoms with Crippen molar-refractivity contribution in [2.75, 3.05) is 13.1 Å². The summed E-state index contributed by atoms with van der Waals surface area (Å²) in [6, 6.07) is 0. The van der Waals surface area contributed by atoms with Gasteiger partial charge < -0.3 is 10.4 Å². The van der Waals surface area contributed by atoms with E-state index in [-0.39, 0.29) is 37.2 Å². The first kappa shape index (κ1) is 7.97. The zero-order valence-electron chi connectivity index (χ0n) is 4.15. The van der Waals surface area contributed by atoms with Gasteiger partial charge in [0.1, 0.15) is 0 Å². The molecule has 1 atom stereocenters. The van der Waals surface area contributed by atoms with Crippen LogP contribution < -0.4 is 5.32 Å². The average Bonchev–Trinajstić information content (AvgIpc) is 1.86. The van der Waals surface area contributed by atoms with E-state index >= 15 is 0 Å². The van der Waals surface area contributed by atoms with Crippen molar-refractivity contribution in [3.05, 3.63) is 0 Å². The Morgan fingerprint density at radius 1 is 1.57 bits per heavy atom. The standard InChI is InChI=1S/C4H9NO.U/c6-4-1-2-5-3-4;/h4-6H,1-3H2;. The van der Waals surface area contributed by atoms with Gasteiger partial charge in [0.25, 0.3) is 0 Å². The van der Waals surface area contributed by atoms with Gasteiger partial charge in [-0.05, 0) is 13.0 Å². The van der Waals surface area contributed by atoms with Crippen molar-refractivity contribution in [2.45, 2.75) is 12.5 Å². The molecule has 3 heteroatoms. The van der Waals surface area contributed by atoms with Crippen molar-refractivity contribution in [1.29, 1.82) is 0 Å². The van der Waals surface area contributed by atoms with Crippen LogP contribution in [0.2, 0.25) is 0 Å². The molecule has 1 heterocycles. The quantitative estimate of drug-likeness (QED) is 0.620. The minimum absolute atomic E-state index is 0. The van der Waals surface area contributed by atoms with Crippen molar-refractivity contribution < 1.29 is 36.2 Å². The predicted octanol–water partition coefficient (Wildman–Crippen LogP) is -0.659. The zero-order valence-corrected chi connectivity index (χ0v) is 8.31. The van der Waals surface area contributed by atoms with Crippen molar-refractivity contribution in [3.8, 4) is 0 Å². The SMILES string of the molecule is OC1CCNC1.[U]. The van der Waals surface area contributed by atoms with Gasteiger partial charge in [-0.25, -0.2) is 0 Å². The van der Waals surface area contributed by atoms with Crippen LogP contribution in [0, 0.1) is 31.1 Å². The molecule has 1 fully saturated rings. The van der Waals surface area contributed by atoms with Crippen molar-refractivity contribution >= 4 is 0 Å². The molecule has 0 aliphatic carbocycles. The molecule has 0 saturated carbocycles. The number of β-amino-alcohol motifs (C(OH)–C–C–N with tert-alkyl or cyclic N) is 1. The molecule has 1 rings (SSSR count). The summed E-state index contributed by atoms with van der Waals surface area (Å²) in [6.07, 6.45) is 0.866. The van der Waals surface area contributed by atoms with Crippen LogP contribution in [-0.2, 0) is 0 Å². The molecule has 2 nitrogen and oxygen atoms in total. The number of nitrogens with one attached hydrogen (secondary N) is 1. The molecule has 0 aromatic heterocycles. The molecule has 1 unspecified atom stereocenters. The normalized spacial score (nSPS) is 29.6. The summed E-state index contributed by atoms with van der Waals surface area (Å²) in [6.45, 7) is 1.78. The molecule has 0 radical (unpaired) electrons. The molecule has 40 valence electrons. The van der Waals surface area contributed by atoms with Crippen LogP contribution >= 0.6 is 0 Å². The Morgan fingerprint density at radius 2 is 2.29 bits per heavy atom. The topological polar surface area (TPSA) is 32.3 Å². The van der Waals surface area contributed by atoms with Gasteiger partial charge in [-0.15, -0.1) is 0 Å². The van der Waals surface area contributed by atoms with E-state index < -0.39 is 0 Å². The Morgan fingerprint density at radius 3 is 2.43 bits per heavy atom. The predicted molar refractivity (Wildman–Crippen MR) is 23.5 cm³/mol. The Labute approximate surface area is 67.1 Å². The molecule has 1 aliphatic heterocycles. The van der Waals surface area contributed by atoms with E-state index in [0.717, 1.165) is 19.5 Å². The van der Waals surface area contributed by atoms with Gasteiger partial charge in [0.15, 0.2) is 0 Å². The van der Waals surface area contributed by atoms with E-state index in [0.29, 0.717) is 0 Å². The van der Waals surface area contributed by atoms with Gasteiger partial charge in [-0.2, -0.15) is 0 Å². The molecule has 0 aromatic rings. The van der Waals surface area contributed by atoms with Crippen LogP contribution in [0.5, 0.6) is 0 Å². The van der Waals surface area contributed by atoms with E-state index in [4.69, 9.17) is 5.11 Å². The van der Waals surface area contributed by atoms with Crippen molar-refractivity contribution in [1.82, 2.24) is 5.32 Å². The summed E-state index contributed by atoms with van der Waals surface area (Å²) in [7, 11) is 0. The number of aliphatic hydroxyl groups excluding tert-OH is 1. The second kappa shape index (κ2) is 3.91. The monoisotopic (exact) mass is 325 g/mol. The summed E-state index contributed by atoms with van der Waals surface area (Å²) in [4.78, 5) is 0. The third-order valence-electron chi connectivity index (χ3n) is 1.03. The Balaban J connectivity index is 0.000000360. The Hall–Kier alpha value is 0.972. The fourth-order valence-corrected chi connectivity index (χ4v) is 0.639. The largest absolute Gasteiger partial charge is 0.392 e. The van der Waals surface area contributed by atoms with Crippen molar-refractivity contribution in [2.24, 2.45) is 0 Å². The molecule has 0 aromatic carbocycles. The summed E-state index contributed by atoms with van der Waals surface area (Å²) in [5.41, 5.74) is 0. The molecule has 0 spiro atoms. The molecule has 1 saturated heterocycles. The Bertz CT molecular complexity index is 45.0. The van der Waals surface area contributed by atoms with E-state index in [9.17, 15) is 0 Å². The van der Waals surface area contributed by atoms with E-state index in [1.165, 1.54) is 0 Å². The second-order valence-corrected chi connectivity index (χ2v) is 1.65. The third kappa shape index (κ3) is 2.71. The van der Waals surface area contributed by atoms with Crippen molar-refractivity contribution in [3.63, 3.8) is 0 Å². The Kier molecular flexibility index (Phi) is 4.46. The minimum Gasteiger partial charge on any atom is -0.392 e. The van der Waals surface area contributed by atoms with Gasteiger partial charge in [-0.3, -0.25) is 0 Å².